The molecule has 0 amide bonds. The van der Waals surface area contributed by atoms with Crippen LogP contribution in [0.3, 0.4) is 0 Å². The van der Waals surface area contributed by atoms with E-state index in [1.807, 2.05) is 0 Å². The van der Waals surface area contributed by atoms with Gasteiger partial charge in [0.25, 0.3) is 0 Å². The normalized spacial score (nSPS) is 6.17. The van der Waals surface area contributed by atoms with Gasteiger partial charge in [0.15, 0.2) is 0 Å². The van der Waals surface area contributed by atoms with Gasteiger partial charge >= 0.3 is 29.6 Å². The first-order valence-electron chi connectivity index (χ1n) is 1.46. The molecule has 0 aromatic rings. The van der Waals surface area contributed by atoms with Crippen LogP contribution in [0.5, 0.6) is 0 Å². The predicted octanol–water partition coefficient (Wildman–Crippen LogP) is -2.38. The summed E-state index contributed by atoms with van der Waals surface area (Å²) in [6.07, 6.45) is 1.43. The van der Waals surface area contributed by atoms with Gasteiger partial charge in [0.05, 0.1) is 0 Å². The van der Waals surface area contributed by atoms with Gasteiger partial charge in [-0.05, 0) is 5.75 Å². The molecule has 0 saturated heterocycles. The third kappa shape index (κ3) is 8.89. The molecule has 0 spiro atoms. The molecule has 0 aromatic carbocycles. The van der Waals surface area contributed by atoms with E-state index in [-0.39, 0.29) is 31.0 Å². The zero-order chi connectivity index (χ0) is 4.12. The Bertz CT molecular complexity index is 36.1. The standard InChI is InChI=1S/C3H6OS.Na.H/c4-2-1-3-5;;/h2,5H,1,3H2;;/q;+1;-1. The molecule has 0 radical (unpaired) electrons. The molecule has 1 nitrogen and oxygen atoms in total. The number of thiol groups is 1. The molecule has 3 heteroatoms. The second kappa shape index (κ2) is 9.39. The largest absolute Gasteiger partial charge is 1.00 e. The topological polar surface area (TPSA) is 17.1 Å². The van der Waals surface area contributed by atoms with E-state index in [4.69, 9.17) is 0 Å². The minimum Gasteiger partial charge on any atom is -1.00 e. The summed E-state index contributed by atoms with van der Waals surface area (Å²) in [7, 11) is 0. The van der Waals surface area contributed by atoms with Gasteiger partial charge in [-0.2, -0.15) is 12.6 Å². The van der Waals surface area contributed by atoms with E-state index in [0.717, 1.165) is 6.29 Å². The number of carbonyl (C=O) groups excluding carboxylic acids is 1. The molecule has 0 aliphatic heterocycles. The fraction of sp³-hybridized carbons (Fsp3) is 0.667. The Morgan fingerprint density at radius 3 is 2.33 bits per heavy atom. The van der Waals surface area contributed by atoms with Crippen LogP contribution < -0.4 is 29.6 Å². The summed E-state index contributed by atoms with van der Waals surface area (Å²) < 4.78 is 0. The molecular weight excluding hydrogens is 107 g/mol. The van der Waals surface area contributed by atoms with Gasteiger partial charge in [-0.15, -0.1) is 0 Å². The first-order chi connectivity index (χ1) is 2.41. The van der Waals surface area contributed by atoms with Crippen LogP contribution in [-0.4, -0.2) is 12.0 Å². The maximum atomic E-state index is 9.36. The van der Waals surface area contributed by atoms with Crippen molar-refractivity contribution in [1.82, 2.24) is 0 Å². The molecule has 0 unspecified atom stereocenters. The van der Waals surface area contributed by atoms with E-state index in [2.05, 4.69) is 12.6 Å². The van der Waals surface area contributed by atoms with Gasteiger partial charge in [-0.3, -0.25) is 0 Å². The third-order valence-electron chi connectivity index (χ3n) is 0.247. The SMILES string of the molecule is O=CCCS.[H-].[Na+]. The second-order valence-electron chi connectivity index (χ2n) is 0.679. The molecular formula is C3H7NaOS. The Morgan fingerprint density at radius 2 is 2.33 bits per heavy atom. The number of aldehydes is 1. The first-order valence-corrected chi connectivity index (χ1v) is 2.09. The summed E-state index contributed by atoms with van der Waals surface area (Å²) in [6.45, 7) is 0. The van der Waals surface area contributed by atoms with Crippen LogP contribution in [0.2, 0.25) is 0 Å². The average molecular weight is 114 g/mol. The van der Waals surface area contributed by atoms with E-state index >= 15 is 0 Å². The Kier molecular flexibility index (Phi) is 15.8. The summed E-state index contributed by atoms with van der Waals surface area (Å²) in [5.74, 6) is 0.670. The van der Waals surface area contributed by atoms with E-state index in [0.29, 0.717) is 12.2 Å². The van der Waals surface area contributed by atoms with Crippen LogP contribution in [0.25, 0.3) is 0 Å². The summed E-state index contributed by atoms with van der Waals surface area (Å²) in [6, 6.07) is 0. The van der Waals surface area contributed by atoms with Gasteiger partial charge in [0, 0.05) is 6.42 Å². The minimum atomic E-state index is 0. The van der Waals surface area contributed by atoms with Crippen molar-refractivity contribution in [2.45, 2.75) is 6.42 Å². The Labute approximate surface area is 66.7 Å². The van der Waals surface area contributed by atoms with Crippen molar-refractivity contribution in [2.75, 3.05) is 5.75 Å². The summed E-state index contributed by atoms with van der Waals surface area (Å²) in [4.78, 5) is 9.36. The fourth-order valence-electron chi connectivity index (χ4n) is 0.0527. The maximum absolute atomic E-state index is 9.36. The van der Waals surface area contributed by atoms with Gasteiger partial charge < -0.3 is 6.22 Å². The molecule has 0 aromatic heterocycles. The minimum absolute atomic E-state index is 0. The molecule has 0 rings (SSSR count). The fourth-order valence-corrected chi connectivity index (χ4v) is 0.158. The van der Waals surface area contributed by atoms with Crippen LogP contribution in [-0.2, 0) is 4.79 Å². The summed E-state index contributed by atoms with van der Waals surface area (Å²) >= 11 is 3.77. The first kappa shape index (κ1) is 10.1. The van der Waals surface area contributed by atoms with Gasteiger partial charge in [-0.25, -0.2) is 0 Å². The number of hydrogen-bond acceptors (Lipinski definition) is 2. The zero-order valence-electron chi connectivity index (χ0n) is 4.85. The van der Waals surface area contributed by atoms with Crippen molar-refractivity contribution < 1.29 is 35.8 Å². The molecule has 32 valence electrons. The summed E-state index contributed by atoms with van der Waals surface area (Å²) in [5.41, 5.74) is 0. The number of hydrogen-bond donors (Lipinski definition) is 1. The van der Waals surface area contributed by atoms with Crippen molar-refractivity contribution in [1.29, 1.82) is 0 Å². The molecule has 0 aliphatic rings. The van der Waals surface area contributed by atoms with Crippen LogP contribution in [0.1, 0.15) is 7.85 Å². The van der Waals surface area contributed by atoms with E-state index in [1.165, 1.54) is 0 Å². The van der Waals surface area contributed by atoms with Crippen molar-refractivity contribution in [2.24, 2.45) is 0 Å². The van der Waals surface area contributed by atoms with E-state index in [9.17, 15) is 4.79 Å². The van der Waals surface area contributed by atoms with Gasteiger partial charge in [0.1, 0.15) is 6.29 Å². The monoisotopic (exact) mass is 114 g/mol. The molecule has 6 heavy (non-hydrogen) atoms. The Balaban J connectivity index is -0.0000000800. The molecule has 0 bridgehead atoms. The quantitative estimate of drug-likeness (QED) is 0.241. The van der Waals surface area contributed by atoms with Crippen molar-refractivity contribution in [3.05, 3.63) is 0 Å². The van der Waals surface area contributed by atoms with Gasteiger partial charge in [0.2, 0.25) is 0 Å². The maximum Gasteiger partial charge on any atom is 1.00 e. The second-order valence-corrected chi connectivity index (χ2v) is 1.13. The van der Waals surface area contributed by atoms with Crippen molar-refractivity contribution in [3.63, 3.8) is 0 Å². The van der Waals surface area contributed by atoms with Crippen molar-refractivity contribution >= 4 is 18.9 Å². The molecule has 0 heterocycles. The predicted molar refractivity (Wildman–Crippen MR) is 25.6 cm³/mol. The molecule has 0 saturated carbocycles. The van der Waals surface area contributed by atoms with E-state index in [1.54, 1.807) is 0 Å². The average Bonchev–Trinajstić information content (AvgIpc) is 1.41. The zero-order valence-corrected chi connectivity index (χ0v) is 6.74. The molecule has 0 aliphatic carbocycles. The Morgan fingerprint density at radius 1 is 1.83 bits per heavy atom. The van der Waals surface area contributed by atoms with Crippen LogP contribution >= 0.6 is 12.6 Å². The third-order valence-corrected chi connectivity index (χ3v) is 0.505. The molecule has 0 N–H and O–H groups in total. The number of rotatable bonds is 2. The number of carbonyl (C=O) groups is 1. The van der Waals surface area contributed by atoms with Crippen LogP contribution in [0.15, 0.2) is 0 Å². The molecule has 0 fully saturated rings. The Hall–Kier alpha value is 1.02. The molecule has 0 atom stereocenters. The van der Waals surface area contributed by atoms with Crippen LogP contribution in [0.4, 0.5) is 0 Å². The summed E-state index contributed by atoms with van der Waals surface area (Å²) in [5, 5.41) is 0. The van der Waals surface area contributed by atoms with Crippen molar-refractivity contribution in [3.8, 4) is 0 Å². The van der Waals surface area contributed by atoms with Crippen LogP contribution in [0, 0.1) is 0 Å². The smallest absolute Gasteiger partial charge is 1.00 e. The van der Waals surface area contributed by atoms with Gasteiger partial charge in [-0.1, -0.05) is 0 Å². The van der Waals surface area contributed by atoms with E-state index < -0.39 is 0 Å².